The van der Waals surface area contributed by atoms with Crippen molar-refractivity contribution in [2.24, 2.45) is 10.8 Å². The highest BCUT2D eigenvalue weighted by Crippen LogP contribution is 2.50. The second kappa shape index (κ2) is 15.4. The lowest BCUT2D eigenvalue weighted by molar-refractivity contribution is -0.216. The Morgan fingerprint density at radius 3 is 1.77 bits per heavy atom. The van der Waals surface area contributed by atoms with E-state index in [2.05, 4.69) is 51.7 Å². The molecule has 4 nitrogen and oxygen atoms in total. The summed E-state index contributed by atoms with van der Waals surface area (Å²) < 4.78 is 0. The van der Waals surface area contributed by atoms with Gasteiger partial charge >= 0.3 is 0 Å². The summed E-state index contributed by atoms with van der Waals surface area (Å²) in [6.07, 6.45) is 24.8. The van der Waals surface area contributed by atoms with Crippen molar-refractivity contribution in [3.8, 4) is 11.8 Å². The van der Waals surface area contributed by atoms with E-state index in [0.717, 1.165) is 34.3 Å². The first-order chi connectivity index (χ1) is 20.3. The lowest BCUT2D eigenvalue weighted by atomic mass is 9.57. The van der Waals surface area contributed by atoms with Crippen LogP contribution in [0.2, 0.25) is 0 Å². The van der Waals surface area contributed by atoms with Crippen molar-refractivity contribution in [3.05, 3.63) is 106 Å². The fourth-order valence-electron chi connectivity index (χ4n) is 6.37. The van der Waals surface area contributed by atoms with Crippen LogP contribution in [0.1, 0.15) is 94.9 Å². The molecule has 2 aliphatic carbocycles. The van der Waals surface area contributed by atoms with Gasteiger partial charge < -0.3 is 20.4 Å². The molecular weight excluding hydrogens is 544 g/mol. The summed E-state index contributed by atoms with van der Waals surface area (Å²) in [7, 11) is 0. The predicted octanol–water partition coefficient (Wildman–Crippen LogP) is 8.16. The first-order valence-corrected chi connectivity index (χ1v) is 15.7. The van der Waals surface area contributed by atoms with E-state index >= 15 is 0 Å². The van der Waals surface area contributed by atoms with Crippen LogP contribution < -0.4 is 0 Å². The third-order valence-electron chi connectivity index (χ3n) is 8.85. The molecule has 4 atom stereocenters. The van der Waals surface area contributed by atoms with Gasteiger partial charge in [-0.15, -0.1) is 0 Å². The van der Waals surface area contributed by atoms with Crippen LogP contribution in [-0.4, -0.2) is 43.8 Å². The molecule has 0 aromatic heterocycles. The summed E-state index contributed by atoms with van der Waals surface area (Å²) in [5.74, 6) is 6.65. The van der Waals surface area contributed by atoms with Crippen LogP contribution in [0.4, 0.5) is 0 Å². The largest absolute Gasteiger partial charge is 0.393 e. The molecule has 1 saturated carbocycles. The fourth-order valence-corrected chi connectivity index (χ4v) is 6.37. The van der Waals surface area contributed by atoms with E-state index in [0.29, 0.717) is 12.8 Å². The van der Waals surface area contributed by atoms with Crippen molar-refractivity contribution < 1.29 is 20.4 Å². The van der Waals surface area contributed by atoms with Crippen molar-refractivity contribution in [1.29, 1.82) is 0 Å². The van der Waals surface area contributed by atoms with Gasteiger partial charge in [-0.3, -0.25) is 0 Å². The standard InChI is InChI=1S/C40H56O4/c1-29(17-13-19-31(3)21-22-36-33(5)25-34(41)26-37(36,6)7)15-11-12-16-30(2)18-14-20-32(4)23-24-40(44)38(8,9)27-35(42)28-39(40,10)43/h11-20,23-24,34-35,41-44H,25-28H2,1-10H3/b12-11+,17-13+,18-14+,24-23+,29-15+,30-16+,31-19+,32-20+. The molecule has 0 aromatic rings. The summed E-state index contributed by atoms with van der Waals surface area (Å²) in [5, 5.41) is 42.6. The predicted molar refractivity (Wildman–Crippen MR) is 186 cm³/mol. The maximum Gasteiger partial charge on any atom is 0.117 e. The molecule has 0 bridgehead atoms. The molecule has 0 amide bonds. The van der Waals surface area contributed by atoms with Gasteiger partial charge in [-0.1, -0.05) is 129 Å². The minimum atomic E-state index is -1.45. The molecule has 0 heterocycles. The van der Waals surface area contributed by atoms with Gasteiger partial charge in [-0.05, 0) is 72.5 Å². The third kappa shape index (κ3) is 10.3. The second-order valence-electron chi connectivity index (χ2n) is 14.4. The van der Waals surface area contributed by atoms with Gasteiger partial charge in [0.2, 0.25) is 0 Å². The van der Waals surface area contributed by atoms with Gasteiger partial charge in [-0.25, -0.2) is 0 Å². The zero-order valence-corrected chi connectivity index (χ0v) is 28.7. The quantitative estimate of drug-likeness (QED) is 0.167. The molecule has 4 N–H and O–H groups in total. The molecule has 4 unspecified atom stereocenters. The minimum Gasteiger partial charge on any atom is -0.393 e. The first kappa shape index (κ1) is 37.2. The SMILES string of the molecule is CC1=C(C#C/C(C)=C/C=C/C(C)=C/C=C/C=C(C)/C=C/C=C(C)/C=C/C2(O)C(C)(C)CC(O)CC2(C)O)C(C)(C)CC(O)C1. The monoisotopic (exact) mass is 600 g/mol. The van der Waals surface area contributed by atoms with E-state index < -0.39 is 22.7 Å². The van der Waals surface area contributed by atoms with Crippen LogP contribution in [0, 0.1) is 22.7 Å². The van der Waals surface area contributed by atoms with Crippen LogP contribution in [-0.2, 0) is 0 Å². The topological polar surface area (TPSA) is 80.9 Å². The molecule has 44 heavy (non-hydrogen) atoms. The molecule has 0 aliphatic heterocycles. The van der Waals surface area contributed by atoms with Gasteiger partial charge in [0.25, 0.3) is 0 Å². The van der Waals surface area contributed by atoms with Crippen LogP contribution in [0.5, 0.6) is 0 Å². The fraction of sp³-hybridized carbons (Fsp3) is 0.500. The molecule has 0 radical (unpaired) electrons. The molecule has 2 rings (SSSR count). The summed E-state index contributed by atoms with van der Waals surface area (Å²) in [6.45, 7) is 19.8. The lowest BCUT2D eigenvalue weighted by Gasteiger charge is -2.54. The smallest absolute Gasteiger partial charge is 0.117 e. The summed E-state index contributed by atoms with van der Waals surface area (Å²) in [6, 6.07) is 0. The lowest BCUT2D eigenvalue weighted by Crippen LogP contribution is -2.65. The molecular formula is C40H56O4. The minimum absolute atomic E-state index is 0.0983. The summed E-state index contributed by atoms with van der Waals surface area (Å²) in [4.78, 5) is 0. The van der Waals surface area contributed by atoms with Crippen molar-refractivity contribution >= 4 is 0 Å². The van der Waals surface area contributed by atoms with Gasteiger partial charge in [-0.2, -0.15) is 0 Å². The zero-order chi connectivity index (χ0) is 33.3. The highest BCUT2D eigenvalue weighted by atomic mass is 16.4. The van der Waals surface area contributed by atoms with E-state index in [1.165, 1.54) is 5.57 Å². The number of rotatable bonds is 8. The molecule has 4 heteroatoms. The number of aliphatic hydroxyl groups excluding tert-OH is 2. The molecule has 0 spiro atoms. The number of hydrogen-bond donors (Lipinski definition) is 4. The van der Waals surface area contributed by atoms with E-state index in [1.54, 1.807) is 13.0 Å². The Kier molecular flexibility index (Phi) is 13.0. The van der Waals surface area contributed by atoms with Crippen LogP contribution >= 0.6 is 0 Å². The Hall–Kier alpha value is -2.94. The molecule has 240 valence electrons. The molecule has 2 aliphatic rings. The van der Waals surface area contributed by atoms with E-state index in [1.807, 2.05) is 89.3 Å². The first-order valence-electron chi connectivity index (χ1n) is 15.7. The van der Waals surface area contributed by atoms with E-state index in [-0.39, 0.29) is 17.9 Å². The zero-order valence-electron chi connectivity index (χ0n) is 28.7. The van der Waals surface area contributed by atoms with Crippen LogP contribution in [0.15, 0.2) is 106 Å². The average Bonchev–Trinajstić information content (AvgIpc) is 2.87. The van der Waals surface area contributed by atoms with Gasteiger partial charge in [0, 0.05) is 22.8 Å². The van der Waals surface area contributed by atoms with Gasteiger partial charge in [0.15, 0.2) is 0 Å². The van der Waals surface area contributed by atoms with Crippen molar-refractivity contribution in [2.45, 2.75) is 118 Å². The Morgan fingerprint density at radius 1 is 0.705 bits per heavy atom. The molecule has 1 fully saturated rings. The van der Waals surface area contributed by atoms with Crippen molar-refractivity contribution in [2.75, 3.05) is 0 Å². The Labute approximate surface area is 267 Å². The highest BCUT2D eigenvalue weighted by Gasteiger charge is 2.58. The summed E-state index contributed by atoms with van der Waals surface area (Å²) >= 11 is 0. The Morgan fingerprint density at radius 2 is 1.23 bits per heavy atom. The highest BCUT2D eigenvalue weighted by molar-refractivity contribution is 5.45. The number of aliphatic hydroxyl groups is 4. The number of allylic oxidation sites excluding steroid dienone is 16. The van der Waals surface area contributed by atoms with Crippen LogP contribution in [0.25, 0.3) is 0 Å². The number of hydrogen-bond acceptors (Lipinski definition) is 4. The van der Waals surface area contributed by atoms with Crippen molar-refractivity contribution in [1.82, 2.24) is 0 Å². The Balaban J connectivity index is 1.96. The average molecular weight is 601 g/mol. The third-order valence-corrected chi connectivity index (χ3v) is 8.85. The summed E-state index contributed by atoms with van der Waals surface area (Å²) in [5.41, 5.74) is 2.87. The van der Waals surface area contributed by atoms with E-state index in [4.69, 9.17) is 0 Å². The molecule has 0 saturated heterocycles. The van der Waals surface area contributed by atoms with Crippen molar-refractivity contribution in [3.63, 3.8) is 0 Å². The Bertz CT molecular complexity index is 1350. The normalized spacial score (nSPS) is 30.6. The maximum absolute atomic E-state index is 11.4. The van der Waals surface area contributed by atoms with E-state index in [9.17, 15) is 20.4 Å². The molecule has 0 aromatic carbocycles. The second-order valence-corrected chi connectivity index (χ2v) is 14.4. The van der Waals surface area contributed by atoms with Gasteiger partial charge in [0.1, 0.15) is 5.60 Å². The van der Waals surface area contributed by atoms with Crippen LogP contribution in [0.3, 0.4) is 0 Å². The maximum atomic E-state index is 11.4. The van der Waals surface area contributed by atoms with Gasteiger partial charge in [0.05, 0.1) is 17.8 Å².